The Morgan fingerprint density at radius 1 is 1.50 bits per heavy atom. The molecule has 0 unspecified atom stereocenters. The average Bonchev–Trinajstić information content (AvgIpc) is 2.59. The molecule has 0 radical (unpaired) electrons. The maximum Gasteiger partial charge on any atom is 0.140 e. The van der Waals surface area contributed by atoms with Gasteiger partial charge in [0.05, 0.1) is 0 Å². The molecule has 0 aromatic carbocycles. The van der Waals surface area contributed by atoms with Gasteiger partial charge >= 0.3 is 0 Å². The van der Waals surface area contributed by atoms with Crippen molar-refractivity contribution in [3.63, 3.8) is 0 Å². The smallest absolute Gasteiger partial charge is 0.140 e. The first-order chi connectivity index (χ1) is 6.84. The quantitative estimate of drug-likeness (QED) is 0.521. The second-order valence-electron chi connectivity index (χ2n) is 4.17. The third-order valence-electron chi connectivity index (χ3n) is 3.56. The van der Waals surface area contributed by atoms with Gasteiger partial charge in [0, 0.05) is 29.4 Å². The van der Waals surface area contributed by atoms with E-state index < -0.39 is 0 Å². The maximum atomic E-state index is 8.58. The minimum Gasteiger partial charge on any atom is -0.268 e. The third kappa shape index (κ3) is 0.963. The van der Waals surface area contributed by atoms with Crippen molar-refractivity contribution >= 4 is 11.8 Å². The normalized spacial score (nSPS) is 21.6. The van der Waals surface area contributed by atoms with E-state index in [1.165, 1.54) is 43.1 Å². The Morgan fingerprint density at radius 3 is 3.00 bits per heavy atom. The van der Waals surface area contributed by atoms with Gasteiger partial charge < -0.3 is 0 Å². The zero-order chi connectivity index (χ0) is 9.60. The fourth-order valence-electron chi connectivity index (χ4n) is 2.64. The molecule has 2 aliphatic rings. The van der Waals surface area contributed by atoms with Crippen LogP contribution in [-0.2, 0) is 12.0 Å². The number of fused-ring (bicyclic) bond motifs is 2. The van der Waals surface area contributed by atoms with Crippen molar-refractivity contribution in [2.75, 3.05) is 0 Å². The molecule has 0 amide bonds. The summed E-state index contributed by atoms with van der Waals surface area (Å²) in [5, 5.41) is 15.9. The molecular formula is C10H11N3S. The second kappa shape index (κ2) is 2.77. The van der Waals surface area contributed by atoms with Gasteiger partial charge in [0.15, 0.2) is 0 Å². The molecule has 1 fully saturated rings. The molecule has 0 bridgehead atoms. The van der Waals surface area contributed by atoms with Crippen molar-refractivity contribution in [2.45, 2.75) is 42.7 Å². The van der Waals surface area contributed by atoms with Crippen LogP contribution in [0.5, 0.6) is 0 Å². The first-order valence-electron chi connectivity index (χ1n) is 4.98. The van der Waals surface area contributed by atoms with Gasteiger partial charge in [0.25, 0.3) is 0 Å². The number of thioether (sulfide) groups is 1. The number of aromatic nitrogens is 2. The molecule has 0 atom stereocenters. The van der Waals surface area contributed by atoms with E-state index in [2.05, 4.69) is 21.2 Å². The van der Waals surface area contributed by atoms with Crippen molar-refractivity contribution in [1.29, 1.82) is 5.26 Å². The Bertz CT molecular complexity index is 411. The average molecular weight is 205 g/mol. The standard InChI is InChI=1S/C10H11N3S/c11-7-14-9-6-8-10(2-1-3-10)4-5-13(8)12-9/h6H,1-5H2. The Balaban J connectivity index is 1.99. The lowest BCUT2D eigenvalue weighted by molar-refractivity contribution is 0.243. The molecule has 14 heavy (non-hydrogen) atoms. The number of thiocyanates is 1. The van der Waals surface area contributed by atoms with Gasteiger partial charge in [-0.05, 0) is 25.3 Å². The number of rotatable bonds is 1. The number of hydrogen-bond donors (Lipinski definition) is 0. The van der Waals surface area contributed by atoms with Crippen LogP contribution in [0.3, 0.4) is 0 Å². The predicted octanol–water partition coefficient (Wildman–Crippen LogP) is 2.28. The first-order valence-corrected chi connectivity index (χ1v) is 5.80. The van der Waals surface area contributed by atoms with Gasteiger partial charge in [0.1, 0.15) is 10.4 Å². The minimum atomic E-state index is 0.446. The summed E-state index contributed by atoms with van der Waals surface area (Å²) < 4.78 is 2.10. The Kier molecular flexibility index (Phi) is 1.65. The Hall–Kier alpha value is -0.950. The topological polar surface area (TPSA) is 41.6 Å². The Labute approximate surface area is 87.1 Å². The summed E-state index contributed by atoms with van der Waals surface area (Å²) in [6.07, 6.45) is 5.24. The molecule has 1 aliphatic heterocycles. The van der Waals surface area contributed by atoms with E-state index in [0.29, 0.717) is 5.41 Å². The van der Waals surface area contributed by atoms with Crippen molar-refractivity contribution in [3.05, 3.63) is 11.8 Å². The number of hydrogen-bond acceptors (Lipinski definition) is 3. The molecule has 2 heterocycles. The van der Waals surface area contributed by atoms with Gasteiger partial charge in [0.2, 0.25) is 0 Å². The molecule has 72 valence electrons. The van der Waals surface area contributed by atoms with Crippen molar-refractivity contribution in [1.82, 2.24) is 9.78 Å². The number of aryl methyl sites for hydroxylation is 1. The second-order valence-corrected chi connectivity index (χ2v) is 4.97. The van der Waals surface area contributed by atoms with Gasteiger partial charge in [-0.15, -0.1) is 0 Å². The maximum absolute atomic E-state index is 8.58. The fraction of sp³-hybridized carbons (Fsp3) is 0.600. The lowest BCUT2D eigenvalue weighted by atomic mass is 9.66. The van der Waals surface area contributed by atoms with Crippen molar-refractivity contribution < 1.29 is 0 Å². The van der Waals surface area contributed by atoms with E-state index in [9.17, 15) is 0 Å². The van der Waals surface area contributed by atoms with Crippen LogP contribution in [-0.4, -0.2) is 9.78 Å². The van der Waals surface area contributed by atoms with Gasteiger partial charge in [-0.2, -0.15) is 10.4 Å². The molecule has 1 aromatic rings. The summed E-state index contributed by atoms with van der Waals surface area (Å²) in [4.78, 5) is 0. The SMILES string of the molecule is N#CSc1cc2n(n1)CCC21CCC1. The summed E-state index contributed by atoms with van der Waals surface area (Å²) in [5.41, 5.74) is 1.82. The van der Waals surface area contributed by atoms with Crippen molar-refractivity contribution in [2.24, 2.45) is 0 Å². The number of nitriles is 1. The van der Waals surface area contributed by atoms with Crippen LogP contribution in [0.2, 0.25) is 0 Å². The highest BCUT2D eigenvalue weighted by atomic mass is 32.2. The van der Waals surface area contributed by atoms with Gasteiger partial charge in [-0.25, -0.2) is 0 Å². The molecular weight excluding hydrogens is 194 g/mol. The summed E-state index contributed by atoms with van der Waals surface area (Å²) >= 11 is 1.17. The minimum absolute atomic E-state index is 0.446. The Morgan fingerprint density at radius 2 is 2.36 bits per heavy atom. The van der Waals surface area contributed by atoms with Crippen LogP contribution in [0.15, 0.2) is 11.1 Å². The van der Waals surface area contributed by atoms with Crippen molar-refractivity contribution in [3.8, 4) is 5.40 Å². The summed E-state index contributed by atoms with van der Waals surface area (Å²) in [6.45, 7) is 1.04. The fourth-order valence-corrected chi connectivity index (χ4v) is 3.05. The largest absolute Gasteiger partial charge is 0.268 e. The molecule has 1 aliphatic carbocycles. The molecule has 0 saturated heterocycles. The van der Waals surface area contributed by atoms with Gasteiger partial charge in [-0.1, -0.05) is 6.42 Å². The molecule has 1 saturated carbocycles. The van der Waals surface area contributed by atoms with Gasteiger partial charge in [-0.3, -0.25) is 4.68 Å². The summed E-state index contributed by atoms with van der Waals surface area (Å²) in [7, 11) is 0. The van der Waals surface area contributed by atoms with Crippen LogP contribution >= 0.6 is 11.8 Å². The monoisotopic (exact) mass is 205 g/mol. The summed E-state index contributed by atoms with van der Waals surface area (Å²) in [5.74, 6) is 0. The van der Waals surface area contributed by atoms with Crippen LogP contribution in [0.25, 0.3) is 0 Å². The van der Waals surface area contributed by atoms with E-state index in [0.717, 1.165) is 11.6 Å². The molecule has 4 heteroatoms. The highest BCUT2D eigenvalue weighted by Gasteiger charge is 2.44. The lowest BCUT2D eigenvalue weighted by Crippen LogP contribution is -2.31. The van der Waals surface area contributed by atoms with E-state index in [1.807, 2.05) is 0 Å². The van der Waals surface area contributed by atoms with Crippen LogP contribution < -0.4 is 0 Å². The number of nitrogens with zero attached hydrogens (tertiary/aromatic N) is 3. The van der Waals surface area contributed by atoms with E-state index in [-0.39, 0.29) is 0 Å². The van der Waals surface area contributed by atoms with Crippen LogP contribution in [0.1, 0.15) is 31.4 Å². The first kappa shape index (κ1) is 8.37. The molecule has 3 rings (SSSR count). The zero-order valence-electron chi connectivity index (χ0n) is 7.86. The van der Waals surface area contributed by atoms with E-state index >= 15 is 0 Å². The lowest BCUT2D eigenvalue weighted by Gasteiger charge is -2.37. The van der Waals surface area contributed by atoms with Crippen LogP contribution in [0, 0.1) is 10.7 Å². The van der Waals surface area contributed by atoms with E-state index in [4.69, 9.17) is 5.26 Å². The molecule has 0 N–H and O–H groups in total. The highest BCUT2D eigenvalue weighted by molar-refractivity contribution is 8.03. The molecule has 1 spiro atoms. The predicted molar refractivity (Wildman–Crippen MR) is 53.8 cm³/mol. The zero-order valence-corrected chi connectivity index (χ0v) is 8.68. The van der Waals surface area contributed by atoms with E-state index in [1.54, 1.807) is 0 Å². The van der Waals surface area contributed by atoms with Crippen LogP contribution in [0.4, 0.5) is 0 Å². The summed E-state index contributed by atoms with van der Waals surface area (Å²) in [6, 6.07) is 2.11. The third-order valence-corrected chi connectivity index (χ3v) is 4.06. The highest BCUT2D eigenvalue weighted by Crippen LogP contribution is 2.50. The molecule has 1 aromatic heterocycles. The molecule has 3 nitrogen and oxygen atoms in total.